The van der Waals surface area contributed by atoms with Crippen LogP contribution < -0.4 is 24.8 Å². The van der Waals surface area contributed by atoms with Crippen LogP contribution in [0.15, 0.2) is 18.3 Å². The Kier molecular flexibility index (Phi) is 8.56. The summed E-state index contributed by atoms with van der Waals surface area (Å²) in [6.45, 7) is 0. The van der Waals surface area contributed by atoms with Crippen LogP contribution in [-0.4, -0.2) is 4.98 Å². The largest absolute Gasteiger partial charge is 2.00 e. The van der Waals surface area contributed by atoms with Gasteiger partial charge in [-0.1, -0.05) is 6.07 Å². The van der Waals surface area contributed by atoms with Crippen LogP contribution in [0.2, 0.25) is 0 Å². The zero-order chi connectivity index (χ0) is 6.10. The predicted molar refractivity (Wildman–Crippen MR) is 36.3 cm³/mol. The van der Waals surface area contributed by atoms with Crippen molar-refractivity contribution >= 4 is 0 Å². The Morgan fingerprint density at radius 1 is 1.17 bits per heavy atom. The second-order valence-electron chi connectivity index (χ2n) is 2.46. The molecule has 0 bridgehead atoms. The van der Waals surface area contributed by atoms with Crippen molar-refractivity contribution in [1.82, 2.24) is 4.98 Å². The molecule has 1 aromatic heterocycles. The maximum absolute atomic E-state index is 4.26. The van der Waals surface area contributed by atoms with E-state index >= 15 is 0 Å². The molecule has 0 atom stereocenters. The van der Waals surface area contributed by atoms with Gasteiger partial charge in [0.2, 0.25) is 0 Å². The molecular weight excluding hydrogens is 376 g/mol. The van der Waals surface area contributed by atoms with Crippen LogP contribution in [0.5, 0.6) is 0 Å². The molecule has 1 aromatic rings. The van der Waals surface area contributed by atoms with E-state index in [1.807, 2.05) is 12.3 Å². The van der Waals surface area contributed by atoms with Crippen LogP contribution in [0.3, 0.4) is 0 Å². The van der Waals surface area contributed by atoms with Gasteiger partial charge in [0.25, 0.3) is 0 Å². The fourth-order valence-corrected chi connectivity index (χ4v) is 1.37. The molecule has 0 fully saturated rings. The number of aryl methyl sites for hydroxylation is 2. The molecule has 1 aliphatic rings. The molecule has 0 aromatic carbocycles. The second-order valence-corrected chi connectivity index (χ2v) is 2.46. The molecule has 70 valence electrons. The third-order valence-corrected chi connectivity index (χ3v) is 1.84. The molecule has 0 amide bonds. The van der Waals surface area contributed by atoms with Crippen LogP contribution in [0.4, 0.5) is 0 Å². The minimum atomic E-state index is 0. The van der Waals surface area contributed by atoms with Crippen molar-refractivity contribution < 1.29 is 45.9 Å². The number of pyridine rings is 1. The first-order chi connectivity index (χ1) is 4.47. The topological polar surface area (TPSA) is 12.9 Å². The number of hydrogen-bond donors (Lipinski definition) is 0. The molecule has 0 aliphatic heterocycles. The minimum Gasteiger partial charge on any atom is -1.00 e. The third kappa shape index (κ3) is 3.05. The molecule has 0 spiro atoms. The fraction of sp³-hybridized carbons (Fsp3) is 0.375. The summed E-state index contributed by atoms with van der Waals surface area (Å²) >= 11 is 0. The Bertz CT molecular complexity index is 207. The molecule has 0 unspecified atom stereocenters. The number of fused-ring (bicyclic) bond motifs is 1. The fourth-order valence-electron chi connectivity index (χ4n) is 1.37. The van der Waals surface area contributed by atoms with Crippen molar-refractivity contribution in [2.45, 2.75) is 19.3 Å². The smallest absolute Gasteiger partial charge is 1.00 e. The third-order valence-electron chi connectivity index (χ3n) is 1.84. The molecule has 2 rings (SSSR count). The molecule has 0 saturated heterocycles. The first kappa shape index (κ1) is 14.9. The molecule has 1 nitrogen and oxygen atoms in total. The quantitative estimate of drug-likeness (QED) is 0.440. The van der Waals surface area contributed by atoms with E-state index < -0.39 is 0 Å². The number of hydrogen-bond acceptors (Lipinski definition) is 1. The van der Waals surface area contributed by atoms with Gasteiger partial charge in [-0.3, -0.25) is 4.98 Å². The van der Waals surface area contributed by atoms with Crippen molar-refractivity contribution in [3.8, 4) is 0 Å². The second kappa shape index (κ2) is 6.88. The van der Waals surface area contributed by atoms with Crippen LogP contribution >= 0.6 is 0 Å². The number of halogens is 2. The normalized spacial score (nSPS) is 11.7. The SMILES string of the molecule is [Cl-].[Cl-].[Pt+2].c1cnc2c(c1)CCC2. The Morgan fingerprint density at radius 3 is 2.58 bits per heavy atom. The van der Waals surface area contributed by atoms with Crippen LogP contribution in [0.1, 0.15) is 17.7 Å². The van der Waals surface area contributed by atoms with E-state index in [0.29, 0.717) is 0 Å². The predicted octanol–water partition coefficient (Wildman–Crippen LogP) is -4.42. The van der Waals surface area contributed by atoms with Gasteiger partial charge in [-0.25, -0.2) is 0 Å². The molecule has 4 heteroatoms. The summed E-state index contributed by atoms with van der Waals surface area (Å²) in [6.07, 6.45) is 5.61. The van der Waals surface area contributed by atoms with E-state index in [0.717, 1.165) is 0 Å². The van der Waals surface area contributed by atoms with E-state index in [2.05, 4.69) is 11.1 Å². The molecule has 1 aliphatic carbocycles. The molecule has 0 radical (unpaired) electrons. The summed E-state index contributed by atoms with van der Waals surface area (Å²) in [4.78, 5) is 4.26. The van der Waals surface area contributed by atoms with Gasteiger partial charge in [0, 0.05) is 11.9 Å². The van der Waals surface area contributed by atoms with Crippen molar-refractivity contribution in [1.29, 1.82) is 0 Å². The summed E-state index contributed by atoms with van der Waals surface area (Å²) in [6, 6.07) is 4.19. The summed E-state index contributed by atoms with van der Waals surface area (Å²) in [7, 11) is 0. The number of aromatic nitrogens is 1. The summed E-state index contributed by atoms with van der Waals surface area (Å²) < 4.78 is 0. The van der Waals surface area contributed by atoms with E-state index in [4.69, 9.17) is 0 Å². The summed E-state index contributed by atoms with van der Waals surface area (Å²) in [5, 5.41) is 0. The van der Waals surface area contributed by atoms with Crippen molar-refractivity contribution in [2.75, 3.05) is 0 Å². The first-order valence-electron chi connectivity index (χ1n) is 3.39. The van der Waals surface area contributed by atoms with Crippen LogP contribution in [-0.2, 0) is 33.9 Å². The Balaban J connectivity index is 0. The van der Waals surface area contributed by atoms with Gasteiger partial charge in [-0.15, -0.1) is 0 Å². The van der Waals surface area contributed by atoms with Gasteiger partial charge in [-0.05, 0) is 30.9 Å². The molecular formula is C8H9Cl2NPt. The zero-order valence-electron chi connectivity index (χ0n) is 6.37. The Morgan fingerprint density at radius 2 is 1.92 bits per heavy atom. The monoisotopic (exact) mass is 384 g/mol. The maximum Gasteiger partial charge on any atom is 2.00 e. The van der Waals surface area contributed by atoms with Gasteiger partial charge in [0.05, 0.1) is 0 Å². The van der Waals surface area contributed by atoms with E-state index in [1.54, 1.807) is 0 Å². The Hall–Kier alpha value is 0.418. The van der Waals surface area contributed by atoms with Crippen LogP contribution in [0.25, 0.3) is 0 Å². The van der Waals surface area contributed by atoms with Crippen molar-refractivity contribution in [3.05, 3.63) is 29.6 Å². The number of nitrogens with zero attached hydrogens (tertiary/aromatic N) is 1. The van der Waals surface area contributed by atoms with E-state index in [-0.39, 0.29) is 45.9 Å². The van der Waals surface area contributed by atoms with Crippen molar-refractivity contribution in [2.24, 2.45) is 0 Å². The summed E-state index contributed by atoms with van der Waals surface area (Å²) in [5.74, 6) is 0. The molecule has 0 N–H and O–H groups in total. The van der Waals surface area contributed by atoms with Gasteiger partial charge < -0.3 is 24.8 Å². The van der Waals surface area contributed by atoms with Gasteiger partial charge in [0.1, 0.15) is 0 Å². The van der Waals surface area contributed by atoms with E-state index in [1.165, 1.54) is 30.5 Å². The van der Waals surface area contributed by atoms with Crippen LogP contribution in [0, 0.1) is 0 Å². The standard InChI is InChI=1S/C8H9N.2ClH.Pt/c1-3-7-4-2-6-9-8(7)5-1;;;/h2,4,6H,1,3,5H2;2*1H;/q;;;+2/p-2. The van der Waals surface area contributed by atoms with Gasteiger partial charge >= 0.3 is 21.1 Å². The minimum absolute atomic E-state index is 0. The molecule has 1 heterocycles. The molecule has 12 heavy (non-hydrogen) atoms. The zero-order valence-corrected chi connectivity index (χ0v) is 10.2. The van der Waals surface area contributed by atoms with Gasteiger partial charge in [0.15, 0.2) is 0 Å². The van der Waals surface area contributed by atoms with E-state index in [9.17, 15) is 0 Å². The number of rotatable bonds is 0. The molecule has 0 saturated carbocycles. The average molecular weight is 385 g/mol. The average Bonchev–Trinajstić information content (AvgIpc) is 2.33. The Labute approximate surface area is 99.4 Å². The summed E-state index contributed by atoms with van der Waals surface area (Å²) in [5.41, 5.74) is 2.77. The maximum atomic E-state index is 4.26. The first-order valence-corrected chi connectivity index (χ1v) is 3.39. The van der Waals surface area contributed by atoms with Gasteiger partial charge in [-0.2, -0.15) is 0 Å². The van der Waals surface area contributed by atoms with Crippen molar-refractivity contribution in [3.63, 3.8) is 0 Å².